The molecule has 1 aliphatic heterocycles. The van der Waals surface area contributed by atoms with E-state index in [1.807, 2.05) is 16.8 Å². The molecule has 146 valence electrons. The van der Waals surface area contributed by atoms with E-state index in [0.29, 0.717) is 12.5 Å². The third kappa shape index (κ3) is 4.41. The first-order chi connectivity index (χ1) is 13.0. The van der Waals surface area contributed by atoms with Crippen LogP contribution in [0.15, 0.2) is 24.3 Å². The van der Waals surface area contributed by atoms with E-state index in [9.17, 15) is 4.79 Å². The van der Waals surface area contributed by atoms with Crippen molar-refractivity contribution in [2.45, 2.75) is 59.5 Å². The summed E-state index contributed by atoms with van der Waals surface area (Å²) in [7, 11) is 0. The van der Waals surface area contributed by atoms with Crippen molar-refractivity contribution in [3.8, 4) is 5.69 Å². The molecule has 1 aromatic carbocycles. The van der Waals surface area contributed by atoms with Gasteiger partial charge in [0.2, 0.25) is 0 Å². The molecule has 1 amide bonds. The summed E-state index contributed by atoms with van der Waals surface area (Å²) in [5.41, 5.74) is 4.79. The minimum absolute atomic E-state index is 0.0298. The zero-order valence-corrected chi connectivity index (χ0v) is 16.9. The van der Waals surface area contributed by atoms with Gasteiger partial charge < -0.3 is 10.1 Å². The molecule has 1 aliphatic rings. The Morgan fingerprint density at radius 1 is 1.37 bits per heavy atom. The second kappa shape index (κ2) is 8.70. The minimum atomic E-state index is -0.0298. The summed E-state index contributed by atoms with van der Waals surface area (Å²) in [4.78, 5) is 13.1. The van der Waals surface area contributed by atoms with Crippen LogP contribution in [0.1, 0.15) is 60.9 Å². The highest BCUT2D eigenvalue weighted by molar-refractivity contribution is 5.96. The van der Waals surface area contributed by atoms with Crippen LogP contribution in [0.25, 0.3) is 5.69 Å². The Morgan fingerprint density at radius 2 is 2.15 bits per heavy atom. The van der Waals surface area contributed by atoms with Crippen molar-refractivity contribution < 1.29 is 9.53 Å². The van der Waals surface area contributed by atoms with Gasteiger partial charge in [0.1, 0.15) is 0 Å². The number of benzene rings is 1. The van der Waals surface area contributed by atoms with E-state index < -0.39 is 0 Å². The van der Waals surface area contributed by atoms with Gasteiger partial charge in [0.05, 0.1) is 28.7 Å². The molecule has 1 fully saturated rings. The number of carbonyl (C=O) groups excluding carboxylic acids is 1. The van der Waals surface area contributed by atoms with Gasteiger partial charge in [-0.1, -0.05) is 39.0 Å². The number of aryl methyl sites for hydroxylation is 1. The molecular weight excluding hydrogens is 338 g/mol. The van der Waals surface area contributed by atoms with Gasteiger partial charge in [-0.2, -0.15) is 5.10 Å². The number of ether oxygens (including phenoxy) is 1. The highest BCUT2D eigenvalue weighted by Crippen LogP contribution is 2.24. The minimum Gasteiger partial charge on any atom is -0.376 e. The lowest BCUT2D eigenvalue weighted by atomic mass is 10.0. The maximum atomic E-state index is 13.1. The molecule has 3 rings (SSSR count). The fourth-order valence-corrected chi connectivity index (χ4v) is 3.72. The Bertz CT molecular complexity index is 789. The largest absolute Gasteiger partial charge is 0.376 e. The summed E-state index contributed by atoms with van der Waals surface area (Å²) in [5, 5.41) is 7.97. The van der Waals surface area contributed by atoms with E-state index in [4.69, 9.17) is 9.84 Å². The van der Waals surface area contributed by atoms with Crippen molar-refractivity contribution in [1.82, 2.24) is 15.1 Å². The topological polar surface area (TPSA) is 56.1 Å². The van der Waals surface area contributed by atoms with Crippen LogP contribution in [0.3, 0.4) is 0 Å². The summed E-state index contributed by atoms with van der Waals surface area (Å²) in [6.07, 6.45) is 3.77. The zero-order chi connectivity index (χ0) is 19.4. The number of carbonyl (C=O) groups is 1. The van der Waals surface area contributed by atoms with Gasteiger partial charge in [-0.15, -0.1) is 0 Å². The van der Waals surface area contributed by atoms with E-state index >= 15 is 0 Å². The summed E-state index contributed by atoms with van der Waals surface area (Å²) in [5.74, 6) is 0.400. The number of para-hydroxylation sites is 1. The smallest absolute Gasteiger partial charge is 0.255 e. The summed E-state index contributed by atoms with van der Waals surface area (Å²) in [6.45, 7) is 9.85. The highest BCUT2D eigenvalue weighted by Gasteiger charge is 2.25. The number of hydrogen-bond donors (Lipinski definition) is 1. The normalized spacial score (nSPS) is 16.9. The fraction of sp³-hybridized carbons (Fsp3) is 0.545. The number of nitrogens with one attached hydrogen (secondary N) is 1. The Hall–Kier alpha value is -2.14. The lowest BCUT2D eigenvalue weighted by molar-refractivity contribution is 0.0856. The van der Waals surface area contributed by atoms with Gasteiger partial charge in [0.15, 0.2) is 0 Å². The molecule has 27 heavy (non-hydrogen) atoms. The first-order valence-corrected chi connectivity index (χ1v) is 10.1. The predicted octanol–water partition coefficient (Wildman–Crippen LogP) is 3.85. The monoisotopic (exact) mass is 369 g/mol. The molecule has 0 bridgehead atoms. The summed E-state index contributed by atoms with van der Waals surface area (Å²) in [6, 6.07) is 8.19. The SMILES string of the molecule is CCc1c(C(=O)NC[C@H]2CCCO2)c(CC(C)C)nn1-c1ccccc1C. The van der Waals surface area contributed by atoms with Crippen LogP contribution in [0.4, 0.5) is 0 Å². The van der Waals surface area contributed by atoms with E-state index in [2.05, 4.69) is 45.1 Å². The number of hydrogen-bond acceptors (Lipinski definition) is 3. The van der Waals surface area contributed by atoms with Crippen LogP contribution in [0.2, 0.25) is 0 Å². The summed E-state index contributed by atoms with van der Waals surface area (Å²) < 4.78 is 7.61. The van der Waals surface area contributed by atoms with Crippen molar-refractivity contribution >= 4 is 5.91 Å². The van der Waals surface area contributed by atoms with Gasteiger partial charge in [0.25, 0.3) is 5.91 Å². The molecule has 0 aliphatic carbocycles. The number of rotatable bonds is 7. The molecular formula is C22H31N3O2. The fourth-order valence-electron chi connectivity index (χ4n) is 3.72. The Morgan fingerprint density at radius 3 is 2.78 bits per heavy atom. The molecule has 0 saturated carbocycles. The average Bonchev–Trinajstić information content (AvgIpc) is 3.27. The molecule has 1 atom stereocenters. The van der Waals surface area contributed by atoms with Gasteiger partial charge >= 0.3 is 0 Å². The van der Waals surface area contributed by atoms with Crippen LogP contribution in [-0.4, -0.2) is 34.9 Å². The maximum absolute atomic E-state index is 13.1. The molecule has 0 spiro atoms. The maximum Gasteiger partial charge on any atom is 0.255 e. The molecule has 5 heteroatoms. The van der Waals surface area contributed by atoms with E-state index in [-0.39, 0.29) is 12.0 Å². The van der Waals surface area contributed by atoms with E-state index in [0.717, 1.165) is 60.5 Å². The predicted molar refractivity (Wildman–Crippen MR) is 108 cm³/mol. The van der Waals surface area contributed by atoms with Crippen molar-refractivity contribution in [2.24, 2.45) is 5.92 Å². The molecule has 2 aromatic rings. The highest BCUT2D eigenvalue weighted by atomic mass is 16.5. The molecule has 2 heterocycles. The Balaban J connectivity index is 1.96. The first-order valence-electron chi connectivity index (χ1n) is 10.1. The van der Waals surface area contributed by atoms with Crippen molar-refractivity contribution in [3.63, 3.8) is 0 Å². The third-order valence-electron chi connectivity index (χ3n) is 5.08. The molecule has 5 nitrogen and oxygen atoms in total. The molecule has 0 radical (unpaired) electrons. The van der Waals surface area contributed by atoms with Crippen LogP contribution < -0.4 is 5.32 Å². The van der Waals surface area contributed by atoms with Crippen LogP contribution in [-0.2, 0) is 17.6 Å². The lowest BCUT2D eigenvalue weighted by Gasteiger charge is -2.13. The molecule has 1 aromatic heterocycles. The second-order valence-corrected chi connectivity index (χ2v) is 7.76. The van der Waals surface area contributed by atoms with Crippen molar-refractivity contribution in [1.29, 1.82) is 0 Å². The van der Waals surface area contributed by atoms with E-state index in [1.54, 1.807) is 0 Å². The standard InChI is InChI=1S/C22H31N3O2/c1-5-19-21(22(26)23-14-17-10-8-12-27-17)18(13-15(2)3)24-25(19)20-11-7-6-9-16(20)4/h6-7,9,11,15,17H,5,8,10,12-14H2,1-4H3,(H,23,26)/t17-/m1/s1. The molecule has 1 saturated heterocycles. The first kappa shape index (κ1) is 19.6. The van der Waals surface area contributed by atoms with Crippen LogP contribution in [0, 0.1) is 12.8 Å². The van der Waals surface area contributed by atoms with Crippen molar-refractivity contribution in [2.75, 3.05) is 13.2 Å². The van der Waals surface area contributed by atoms with Gasteiger partial charge in [0, 0.05) is 13.2 Å². The van der Waals surface area contributed by atoms with E-state index in [1.165, 1.54) is 0 Å². The van der Waals surface area contributed by atoms with Gasteiger partial charge in [-0.25, -0.2) is 4.68 Å². The van der Waals surface area contributed by atoms with Crippen LogP contribution >= 0.6 is 0 Å². The van der Waals surface area contributed by atoms with Gasteiger partial charge in [-0.3, -0.25) is 4.79 Å². The number of nitrogens with zero attached hydrogens (tertiary/aromatic N) is 2. The Labute approximate surface area is 162 Å². The third-order valence-corrected chi connectivity index (χ3v) is 5.08. The average molecular weight is 370 g/mol. The zero-order valence-electron chi connectivity index (χ0n) is 16.9. The lowest BCUT2D eigenvalue weighted by Crippen LogP contribution is -2.32. The molecule has 1 N–H and O–H groups in total. The quantitative estimate of drug-likeness (QED) is 0.806. The van der Waals surface area contributed by atoms with Crippen LogP contribution in [0.5, 0.6) is 0 Å². The van der Waals surface area contributed by atoms with Crippen molar-refractivity contribution in [3.05, 3.63) is 46.8 Å². The summed E-state index contributed by atoms with van der Waals surface area (Å²) >= 11 is 0. The number of amides is 1. The molecule has 0 unspecified atom stereocenters. The van der Waals surface area contributed by atoms with Gasteiger partial charge in [-0.05, 0) is 50.2 Å². The Kier molecular flexibility index (Phi) is 6.32. The second-order valence-electron chi connectivity index (χ2n) is 7.76. The number of aromatic nitrogens is 2.